The van der Waals surface area contributed by atoms with Crippen LogP contribution in [0.3, 0.4) is 0 Å². The van der Waals surface area contributed by atoms with Gasteiger partial charge in [-0.15, -0.1) is 0 Å². The Hall–Kier alpha value is -0.980. The molecule has 1 aliphatic heterocycles. The zero-order chi connectivity index (χ0) is 14.7. The van der Waals surface area contributed by atoms with Gasteiger partial charge in [0, 0.05) is 26.2 Å². The monoisotopic (exact) mass is 273 g/mol. The number of carbonyl (C=O) groups excluding carboxylic acids is 2. The van der Waals surface area contributed by atoms with Crippen LogP contribution in [0.5, 0.6) is 0 Å². The van der Waals surface area contributed by atoms with Crippen LogP contribution in [-0.2, 0) is 14.3 Å². The molecular weight excluding hydrogens is 246 g/mol. The average molecular weight is 273 g/mol. The lowest BCUT2D eigenvalue weighted by atomic mass is 10.2. The van der Waals surface area contributed by atoms with E-state index in [0.29, 0.717) is 13.0 Å². The third kappa shape index (κ3) is 11.8. The lowest BCUT2D eigenvalue weighted by Gasteiger charge is -2.30. The lowest BCUT2D eigenvalue weighted by molar-refractivity contribution is -0.138. The van der Waals surface area contributed by atoms with Gasteiger partial charge in [0.05, 0.1) is 13.2 Å². The van der Waals surface area contributed by atoms with E-state index < -0.39 is 0 Å². The molecule has 0 aromatic rings. The minimum Gasteiger partial charge on any atom is -0.462 e. The predicted octanol–water partition coefficient (Wildman–Crippen LogP) is -0.0623. The molecule has 1 aliphatic rings. The summed E-state index contributed by atoms with van der Waals surface area (Å²) in [5, 5.41) is 3.29. The highest BCUT2D eigenvalue weighted by molar-refractivity contribution is 5.51. The third-order valence-electron chi connectivity index (χ3n) is 2.44. The fourth-order valence-corrected chi connectivity index (χ4v) is 1.52. The summed E-state index contributed by atoms with van der Waals surface area (Å²) in [5.74, 6) is 0. The Morgan fingerprint density at radius 2 is 1.84 bits per heavy atom. The Labute approximate surface area is 116 Å². The Morgan fingerprint density at radius 3 is 2.21 bits per heavy atom. The van der Waals surface area contributed by atoms with Crippen LogP contribution in [0.2, 0.25) is 0 Å². The molecule has 0 aliphatic carbocycles. The Morgan fingerprint density at radius 1 is 1.26 bits per heavy atom. The first-order valence-corrected chi connectivity index (χ1v) is 6.55. The molecule has 0 radical (unpaired) electrons. The summed E-state index contributed by atoms with van der Waals surface area (Å²) < 4.78 is 4.55. The second-order valence-electron chi connectivity index (χ2n) is 5.54. The molecule has 19 heavy (non-hydrogen) atoms. The largest absolute Gasteiger partial charge is 0.462 e. The van der Waals surface area contributed by atoms with E-state index in [0.717, 1.165) is 39.1 Å². The molecule has 0 aromatic carbocycles. The Bertz CT molecular complexity index is 248. The summed E-state index contributed by atoms with van der Waals surface area (Å²) in [5.41, 5.74) is -0.318. The molecule has 6 heteroatoms. The van der Waals surface area contributed by atoms with Crippen molar-refractivity contribution in [3.8, 4) is 0 Å². The van der Waals surface area contributed by atoms with Crippen molar-refractivity contribution in [1.29, 1.82) is 0 Å². The first kappa shape index (κ1) is 18.0. The van der Waals surface area contributed by atoms with Gasteiger partial charge in [-0.25, -0.2) is 0 Å². The number of nitrogens with one attached hydrogen (secondary N) is 1. The molecule has 0 unspecified atom stereocenters. The van der Waals surface area contributed by atoms with Gasteiger partial charge in [-0.1, -0.05) is 0 Å². The highest BCUT2D eigenvalue weighted by Crippen LogP contribution is 2.02. The molecule has 1 rings (SSSR count). The van der Waals surface area contributed by atoms with Crippen LogP contribution in [-0.4, -0.2) is 74.6 Å². The maximum Gasteiger partial charge on any atom is 0.293 e. The van der Waals surface area contributed by atoms with Crippen molar-refractivity contribution in [1.82, 2.24) is 15.1 Å². The molecule has 0 spiro atoms. The topological polar surface area (TPSA) is 61.9 Å². The summed E-state index contributed by atoms with van der Waals surface area (Å²) in [6.07, 6.45) is 0.947. The van der Waals surface area contributed by atoms with E-state index in [1.165, 1.54) is 0 Å². The predicted molar refractivity (Wildman–Crippen MR) is 74.9 cm³/mol. The highest BCUT2D eigenvalue weighted by atomic mass is 16.5. The van der Waals surface area contributed by atoms with Crippen LogP contribution in [0, 0.1) is 0 Å². The number of nitrogens with zero attached hydrogens (tertiary/aromatic N) is 2. The third-order valence-corrected chi connectivity index (χ3v) is 2.44. The van der Waals surface area contributed by atoms with Gasteiger partial charge >= 0.3 is 0 Å². The Kier molecular flexibility index (Phi) is 9.38. The summed E-state index contributed by atoms with van der Waals surface area (Å²) in [6.45, 7) is 11.7. The molecule has 1 N–H and O–H groups in total. The number of likely N-dealkylation sites (N-methyl/N-ethyl adjacent to an activating group) is 1. The zero-order valence-corrected chi connectivity index (χ0v) is 12.5. The summed E-state index contributed by atoms with van der Waals surface area (Å²) >= 11 is 0. The molecule has 0 atom stereocenters. The fraction of sp³-hybridized carbons (Fsp3) is 0.846. The van der Waals surface area contributed by atoms with Gasteiger partial charge in [0.2, 0.25) is 0 Å². The number of ether oxygens (including phenoxy) is 1. The zero-order valence-electron chi connectivity index (χ0n) is 12.5. The van der Waals surface area contributed by atoms with E-state index in [4.69, 9.17) is 0 Å². The van der Waals surface area contributed by atoms with Gasteiger partial charge in [-0.3, -0.25) is 14.6 Å². The van der Waals surface area contributed by atoms with Crippen molar-refractivity contribution in [3.63, 3.8) is 0 Å². The molecule has 0 bridgehead atoms. The highest BCUT2D eigenvalue weighted by Gasteiger charge is 2.10. The average Bonchev–Trinajstić information content (AvgIpc) is 2.29. The molecule has 0 amide bonds. The first-order valence-electron chi connectivity index (χ1n) is 6.55. The normalized spacial score (nSPS) is 16.5. The summed E-state index contributed by atoms with van der Waals surface area (Å²) in [4.78, 5) is 24.2. The second-order valence-corrected chi connectivity index (χ2v) is 5.54. The molecule has 112 valence electrons. The molecule has 1 saturated heterocycles. The van der Waals surface area contributed by atoms with E-state index in [1.807, 2.05) is 32.7 Å². The van der Waals surface area contributed by atoms with Gasteiger partial charge in [-0.2, -0.15) is 0 Å². The van der Waals surface area contributed by atoms with Gasteiger partial charge in [0.1, 0.15) is 11.9 Å². The van der Waals surface area contributed by atoms with Crippen molar-refractivity contribution in [2.24, 2.45) is 0 Å². The van der Waals surface area contributed by atoms with Crippen LogP contribution >= 0.6 is 0 Å². The molecule has 0 saturated carbocycles. The summed E-state index contributed by atoms with van der Waals surface area (Å²) in [6, 6.07) is 0. The van der Waals surface area contributed by atoms with Crippen LogP contribution < -0.4 is 5.32 Å². The quantitative estimate of drug-likeness (QED) is 0.708. The molecular formula is C13H27N3O3. The van der Waals surface area contributed by atoms with Crippen LogP contribution in [0.25, 0.3) is 0 Å². The summed E-state index contributed by atoms with van der Waals surface area (Å²) in [7, 11) is 1.97. The minimum atomic E-state index is -0.318. The number of carbonyl (C=O) groups is 2. The Balaban J connectivity index is 0.000000399. The van der Waals surface area contributed by atoms with Gasteiger partial charge in [0.15, 0.2) is 0 Å². The molecule has 6 nitrogen and oxygen atoms in total. The van der Waals surface area contributed by atoms with Gasteiger partial charge < -0.3 is 14.8 Å². The van der Waals surface area contributed by atoms with E-state index in [-0.39, 0.29) is 5.60 Å². The van der Waals surface area contributed by atoms with E-state index in [9.17, 15) is 9.59 Å². The standard InChI is InChI=1S/C8H17N3O.C5H10O2/c1-10(6-7-12)8-11-4-2-9-3-5-11;1-5(2,3)7-4-6/h7,9H,2-6,8H2,1H3;4H,1-3H3. The van der Waals surface area contributed by atoms with Crippen molar-refractivity contribution in [2.45, 2.75) is 26.4 Å². The fourth-order valence-electron chi connectivity index (χ4n) is 1.52. The number of rotatable bonds is 5. The van der Waals surface area contributed by atoms with E-state index >= 15 is 0 Å². The minimum absolute atomic E-state index is 0.318. The maximum atomic E-state index is 10.2. The van der Waals surface area contributed by atoms with Crippen molar-refractivity contribution in [3.05, 3.63) is 0 Å². The maximum absolute atomic E-state index is 10.2. The second kappa shape index (κ2) is 9.89. The number of hydrogen-bond donors (Lipinski definition) is 1. The molecule has 1 heterocycles. The smallest absolute Gasteiger partial charge is 0.293 e. The molecule has 1 fully saturated rings. The van der Waals surface area contributed by atoms with Crippen LogP contribution in [0.1, 0.15) is 20.8 Å². The van der Waals surface area contributed by atoms with Gasteiger partial charge in [-0.05, 0) is 27.8 Å². The lowest BCUT2D eigenvalue weighted by Crippen LogP contribution is -2.47. The first-order chi connectivity index (χ1) is 8.89. The van der Waals surface area contributed by atoms with Crippen molar-refractivity contribution < 1.29 is 14.3 Å². The van der Waals surface area contributed by atoms with Crippen molar-refractivity contribution in [2.75, 3.05) is 46.4 Å². The molecule has 0 aromatic heterocycles. The van der Waals surface area contributed by atoms with Crippen molar-refractivity contribution >= 4 is 12.8 Å². The van der Waals surface area contributed by atoms with Crippen LogP contribution in [0.15, 0.2) is 0 Å². The number of hydrogen-bond acceptors (Lipinski definition) is 6. The van der Waals surface area contributed by atoms with Gasteiger partial charge in [0.25, 0.3) is 6.47 Å². The SMILES string of the molecule is CC(C)(C)OC=O.CN(CC=O)CN1CCNCC1. The van der Waals surface area contributed by atoms with E-state index in [1.54, 1.807) is 0 Å². The van der Waals surface area contributed by atoms with Crippen LogP contribution in [0.4, 0.5) is 0 Å². The number of piperazine rings is 1. The van der Waals surface area contributed by atoms with E-state index in [2.05, 4.69) is 15.0 Å². The number of aldehydes is 1.